The van der Waals surface area contributed by atoms with Crippen molar-refractivity contribution in [3.63, 3.8) is 0 Å². The molecule has 0 unspecified atom stereocenters. The van der Waals surface area contributed by atoms with E-state index in [2.05, 4.69) is 11.4 Å². The van der Waals surface area contributed by atoms with Crippen LogP contribution in [0.15, 0.2) is 23.1 Å². The van der Waals surface area contributed by atoms with Gasteiger partial charge in [0.2, 0.25) is 0 Å². The summed E-state index contributed by atoms with van der Waals surface area (Å²) in [4.78, 5) is -0.160. The molecule has 0 saturated carbocycles. The van der Waals surface area contributed by atoms with Crippen molar-refractivity contribution < 1.29 is 13.0 Å². The molecular weight excluding hydrogens is 178 g/mol. The highest BCUT2D eigenvalue weighted by Gasteiger charge is 2.13. The van der Waals surface area contributed by atoms with Crippen molar-refractivity contribution in [1.29, 1.82) is 0 Å². The van der Waals surface area contributed by atoms with Crippen molar-refractivity contribution in [2.24, 2.45) is 0 Å². The Morgan fingerprint density at radius 2 is 2.25 bits per heavy atom. The zero-order chi connectivity index (χ0) is 9.19. The van der Waals surface area contributed by atoms with Gasteiger partial charge >= 0.3 is 0 Å². The lowest BCUT2D eigenvalue weighted by Gasteiger charge is -2.03. The van der Waals surface area contributed by atoms with Gasteiger partial charge in [0.05, 0.1) is 5.69 Å². The first-order chi connectivity index (χ1) is 5.55. The lowest BCUT2D eigenvalue weighted by molar-refractivity contribution is 0.483. The van der Waals surface area contributed by atoms with E-state index >= 15 is 0 Å². The van der Waals surface area contributed by atoms with Crippen LogP contribution in [0.5, 0.6) is 0 Å². The van der Waals surface area contributed by atoms with Gasteiger partial charge in [0.1, 0.15) is 4.90 Å². The minimum Gasteiger partial charge on any atom is -0.386 e. The van der Waals surface area contributed by atoms with Crippen molar-refractivity contribution >= 4 is 15.8 Å². The Morgan fingerprint density at radius 1 is 1.58 bits per heavy atom. The Bertz CT molecular complexity index is 372. The highest BCUT2D eigenvalue weighted by atomic mass is 32.2. The first-order valence-corrected chi connectivity index (χ1v) is 4.65. The monoisotopic (exact) mass is 186 g/mol. The van der Waals surface area contributed by atoms with Crippen molar-refractivity contribution in [2.75, 3.05) is 12.4 Å². The van der Waals surface area contributed by atoms with Gasteiger partial charge < -0.3 is 5.32 Å². The van der Waals surface area contributed by atoms with Crippen LogP contribution in [0, 0.1) is 6.07 Å². The predicted octanol–water partition coefficient (Wildman–Crippen LogP) is 0.775. The molecule has 1 aromatic carbocycles. The molecule has 1 aromatic rings. The van der Waals surface area contributed by atoms with Gasteiger partial charge in [-0.2, -0.15) is 8.42 Å². The van der Waals surface area contributed by atoms with Gasteiger partial charge in [-0.05, 0) is 6.07 Å². The first-order valence-electron chi connectivity index (χ1n) is 3.21. The number of hydrogen-bond acceptors (Lipinski definition) is 3. The summed E-state index contributed by atoms with van der Waals surface area (Å²) in [5.41, 5.74) is 0.264. The van der Waals surface area contributed by atoms with E-state index in [1.54, 1.807) is 13.1 Å². The minimum atomic E-state index is -4.14. The van der Waals surface area contributed by atoms with E-state index in [4.69, 9.17) is 4.55 Å². The summed E-state index contributed by atoms with van der Waals surface area (Å²) in [5, 5.41) is 2.61. The molecule has 1 radical (unpaired) electrons. The number of nitrogens with one attached hydrogen (secondary N) is 1. The van der Waals surface area contributed by atoms with E-state index in [9.17, 15) is 8.42 Å². The lowest BCUT2D eigenvalue weighted by atomic mass is 10.3. The van der Waals surface area contributed by atoms with Crippen LogP contribution < -0.4 is 5.32 Å². The molecule has 12 heavy (non-hydrogen) atoms. The fourth-order valence-corrected chi connectivity index (χ4v) is 1.50. The second kappa shape index (κ2) is 3.12. The topological polar surface area (TPSA) is 66.4 Å². The smallest absolute Gasteiger partial charge is 0.296 e. The molecule has 0 amide bonds. The molecule has 1 rings (SSSR count). The molecule has 0 aliphatic carbocycles. The standard InChI is InChI=1S/C7H8NO3S/c1-8-6-4-2-3-5-7(6)12(9,10)11/h2-3,5,8H,1H3,(H,9,10,11). The predicted molar refractivity (Wildman–Crippen MR) is 44.6 cm³/mol. The van der Waals surface area contributed by atoms with Crippen LogP contribution in [-0.2, 0) is 10.1 Å². The van der Waals surface area contributed by atoms with Gasteiger partial charge in [0, 0.05) is 13.1 Å². The second-order valence-electron chi connectivity index (χ2n) is 2.13. The molecule has 0 atom stereocenters. The molecule has 5 heteroatoms. The Morgan fingerprint density at radius 3 is 2.67 bits per heavy atom. The van der Waals surface area contributed by atoms with E-state index in [-0.39, 0.29) is 10.6 Å². The van der Waals surface area contributed by atoms with Crippen LogP contribution in [-0.4, -0.2) is 20.0 Å². The SMILES string of the molecule is CNc1[c]cccc1S(=O)(=O)O. The summed E-state index contributed by atoms with van der Waals surface area (Å²) in [6, 6.07) is 6.99. The van der Waals surface area contributed by atoms with E-state index < -0.39 is 10.1 Å². The summed E-state index contributed by atoms with van der Waals surface area (Å²) in [6.45, 7) is 0. The highest BCUT2D eigenvalue weighted by molar-refractivity contribution is 7.86. The average Bonchev–Trinajstić information content (AvgIpc) is 2.03. The maximum absolute atomic E-state index is 10.7. The van der Waals surface area contributed by atoms with Gasteiger partial charge in [-0.25, -0.2) is 0 Å². The summed E-state index contributed by atoms with van der Waals surface area (Å²) in [5.74, 6) is 0. The third-order valence-corrected chi connectivity index (χ3v) is 2.24. The molecule has 0 aromatic heterocycles. The first kappa shape index (κ1) is 9.02. The number of rotatable bonds is 2. The number of hydrogen-bond donors (Lipinski definition) is 2. The molecule has 65 valence electrons. The second-order valence-corrected chi connectivity index (χ2v) is 3.52. The summed E-state index contributed by atoms with van der Waals surface area (Å²) >= 11 is 0. The average molecular weight is 186 g/mol. The fraction of sp³-hybridized carbons (Fsp3) is 0.143. The molecule has 4 nitrogen and oxygen atoms in total. The Balaban J connectivity index is 3.33. The van der Waals surface area contributed by atoms with E-state index in [0.29, 0.717) is 0 Å². The van der Waals surface area contributed by atoms with Gasteiger partial charge in [0.15, 0.2) is 0 Å². The minimum absolute atomic E-state index is 0.160. The molecule has 0 fully saturated rings. The molecule has 0 saturated heterocycles. The zero-order valence-electron chi connectivity index (χ0n) is 6.40. The third kappa shape index (κ3) is 1.75. The zero-order valence-corrected chi connectivity index (χ0v) is 7.22. The largest absolute Gasteiger partial charge is 0.386 e. The molecule has 0 aliphatic heterocycles. The van der Waals surface area contributed by atoms with Crippen molar-refractivity contribution in [1.82, 2.24) is 0 Å². The lowest BCUT2D eigenvalue weighted by Crippen LogP contribution is -2.02. The van der Waals surface area contributed by atoms with Crippen molar-refractivity contribution in [3.05, 3.63) is 24.3 Å². The molecular formula is C7H8NO3S. The number of anilines is 1. The van der Waals surface area contributed by atoms with Gasteiger partial charge in [-0.3, -0.25) is 4.55 Å². The molecule has 0 spiro atoms. The molecule has 0 bridgehead atoms. The van der Waals surface area contributed by atoms with Gasteiger partial charge in [0.25, 0.3) is 10.1 Å². The maximum atomic E-state index is 10.7. The van der Waals surface area contributed by atoms with Crippen LogP contribution >= 0.6 is 0 Å². The van der Waals surface area contributed by atoms with E-state index in [1.807, 2.05) is 0 Å². The Labute approximate surface area is 71.0 Å². The van der Waals surface area contributed by atoms with Crippen LogP contribution in [0.3, 0.4) is 0 Å². The van der Waals surface area contributed by atoms with Crippen molar-refractivity contribution in [3.8, 4) is 0 Å². The van der Waals surface area contributed by atoms with Gasteiger partial charge in [-0.1, -0.05) is 12.1 Å². The van der Waals surface area contributed by atoms with Crippen LogP contribution in [0.1, 0.15) is 0 Å². The number of benzene rings is 1. The highest BCUT2D eigenvalue weighted by Crippen LogP contribution is 2.18. The summed E-state index contributed by atoms with van der Waals surface area (Å²) < 4.78 is 30.1. The Kier molecular flexibility index (Phi) is 2.35. The van der Waals surface area contributed by atoms with E-state index in [0.717, 1.165) is 0 Å². The van der Waals surface area contributed by atoms with Crippen LogP contribution in [0.4, 0.5) is 5.69 Å². The van der Waals surface area contributed by atoms with Gasteiger partial charge in [-0.15, -0.1) is 0 Å². The molecule has 0 heterocycles. The number of para-hydroxylation sites is 1. The summed E-state index contributed by atoms with van der Waals surface area (Å²) in [6.07, 6.45) is 0. The summed E-state index contributed by atoms with van der Waals surface area (Å²) in [7, 11) is -2.58. The van der Waals surface area contributed by atoms with E-state index in [1.165, 1.54) is 12.1 Å². The van der Waals surface area contributed by atoms with Crippen LogP contribution in [0.25, 0.3) is 0 Å². The maximum Gasteiger partial charge on any atom is 0.296 e. The van der Waals surface area contributed by atoms with Crippen LogP contribution in [0.2, 0.25) is 0 Å². The van der Waals surface area contributed by atoms with Crippen molar-refractivity contribution in [2.45, 2.75) is 4.90 Å². The normalized spacial score (nSPS) is 11.2. The quantitative estimate of drug-likeness (QED) is 0.670. The third-order valence-electron chi connectivity index (χ3n) is 1.35. The Hall–Kier alpha value is -1.07. The fourth-order valence-electron chi connectivity index (χ4n) is 0.832. The molecule has 0 aliphatic rings. The molecule has 2 N–H and O–H groups in total.